The molecule has 1 heterocycles. The first-order chi connectivity index (χ1) is 10.7. The smallest absolute Gasteiger partial charge is 0.338 e. The van der Waals surface area contributed by atoms with Crippen molar-refractivity contribution in [1.29, 1.82) is 0 Å². The van der Waals surface area contributed by atoms with E-state index in [9.17, 15) is 4.79 Å². The highest BCUT2D eigenvalue weighted by Crippen LogP contribution is 2.22. The Morgan fingerprint density at radius 1 is 1.23 bits per heavy atom. The summed E-state index contributed by atoms with van der Waals surface area (Å²) in [4.78, 5) is 16.4. The first-order valence-electron chi connectivity index (χ1n) is 6.81. The third kappa shape index (κ3) is 2.94. The second-order valence-electron chi connectivity index (χ2n) is 4.93. The molecule has 4 nitrogen and oxygen atoms in total. The molecule has 0 saturated heterocycles. The molecule has 3 rings (SSSR count). The van der Waals surface area contributed by atoms with Gasteiger partial charge in [0.2, 0.25) is 0 Å². The molecule has 2 aromatic carbocycles. The maximum absolute atomic E-state index is 12.2. The summed E-state index contributed by atoms with van der Waals surface area (Å²) in [5.74, 6) is 0.371. The minimum absolute atomic E-state index is 0.185. The summed E-state index contributed by atoms with van der Waals surface area (Å²) in [5.41, 5.74) is 5.13. The van der Waals surface area contributed by atoms with Crippen molar-refractivity contribution in [3.8, 4) is 5.75 Å². The van der Waals surface area contributed by atoms with E-state index in [1.165, 1.54) is 11.3 Å². The molecule has 0 aliphatic carbocycles. The van der Waals surface area contributed by atoms with Crippen LogP contribution in [0.3, 0.4) is 0 Å². The lowest BCUT2D eigenvalue weighted by molar-refractivity contribution is 0.0470. The third-order valence-corrected chi connectivity index (χ3v) is 4.15. The van der Waals surface area contributed by atoms with Crippen LogP contribution in [0.25, 0.3) is 10.2 Å². The zero-order chi connectivity index (χ0) is 15.5. The maximum Gasteiger partial charge on any atom is 0.338 e. The number of aromatic nitrogens is 1. The number of thiazole rings is 1. The molecule has 0 radical (unpaired) electrons. The van der Waals surface area contributed by atoms with Gasteiger partial charge in [0, 0.05) is 5.56 Å². The van der Waals surface area contributed by atoms with Gasteiger partial charge in [-0.2, -0.15) is 0 Å². The third-order valence-electron chi connectivity index (χ3n) is 3.36. The molecule has 0 unspecified atom stereocenters. The first-order valence-corrected chi connectivity index (χ1v) is 7.69. The van der Waals surface area contributed by atoms with Crippen molar-refractivity contribution in [3.63, 3.8) is 0 Å². The first kappa shape index (κ1) is 14.5. The van der Waals surface area contributed by atoms with Crippen LogP contribution in [-0.2, 0) is 11.3 Å². The zero-order valence-electron chi connectivity index (χ0n) is 12.3. The van der Waals surface area contributed by atoms with Crippen LogP contribution < -0.4 is 4.74 Å². The van der Waals surface area contributed by atoms with Crippen LogP contribution in [0.2, 0.25) is 0 Å². The largest absolute Gasteiger partial charge is 0.496 e. The Bertz CT molecular complexity index is 826. The number of esters is 1. The number of ether oxygens (including phenoxy) is 2. The minimum Gasteiger partial charge on any atom is -0.496 e. The van der Waals surface area contributed by atoms with Crippen LogP contribution >= 0.6 is 11.3 Å². The van der Waals surface area contributed by atoms with Crippen molar-refractivity contribution in [1.82, 2.24) is 4.98 Å². The monoisotopic (exact) mass is 313 g/mol. The van der Waals surface area contributed by atoms with Gasteiger partial charge in [0.1, 0.15) is 12.4 Å². The van der Waals surface area contributed by atoms with Gasteiger partial charge in [-0.1, -0.05) is 11.6 Å². The van der Waals surface area contributed by atoms with Gasteiger partial charge in [-0.15, -0.1) is 11.3 Å². The summed E-state index contributed by atoms with van der Waals surface area (Å²) in [7, 11) is 1.60. The second-order valence-corrected chi connectivity index (χ2v) is 5.81. The molecule has 0 spiro atoms. The Balaban J connectivity index is 1.75. The number of nitrogens with zero attached hydrogens (tertiary/aromatic N) is 1. The van der Waals surface area contributed by atoms with E-state index in [-0.39, 0.29) is 12.6 Å². The average molecular weight is 313 g/mol. The van der Waals surface area contributed by atoms with Crippen LogP contribution in [0.5, 0.6) is 5.75 Å². The molecule has 0 saturated carbocycles. The number of carbonyl (C=O) groups excluding carboxylic acids is 1. The van der Waals surface area contributed by atoms with Gasteiger partial charge in [0.25, 0.3) is 0 Å². The van der Waals surface area contributed by atoms with E-state index >= 15 is 0 Å². The van der Waals surface area contributed by atoms with Gasteiger partial charge in [-0.25, -0.2) is 9.78 Å². The molecule has 22 heavy (non-hydrogen) atoms. The summed E-state index contributed by atoms with van der Waals surface area (Å²) in [5, 5.41) is 0. The summed E-state index contributed by atoms with van der Waals surface area (Å²) >= 11 is 1.50. The Morgan fingerprint density at radius 3 is 2.91 bits per heavy atom. The van der Waals surface area contributed by atoms with Gasteiger partial charge in [0.15, 0.2) is 0 Å². The Hall–Kier alpha value is -2.40. The fraction of sp³-hybridized carbons (Fsp3) is 0.176. The molecule has 0 fully saturated rings. The maximum atomic E-state index is 12.2. The highest BCUT2D eigenvalue weighted by molar-refractivity contribution is 7.16. The predicted molar refractivity (Wildman–Crippen MR) is 86.5 cm³/mol. The van der Waals surface area contributed by atoms with Crippen molar-refractivity contribution in [3.05, 3.63) is 58.6 Å². The van der Waals surface area contributed by atoms with E-state index < -0.39 is 0 Å². The Labute approximate surface area is 132 Å². The van der Waals surface area contributed by atoms with Gasteiger partial charge < -0.3 is 9.47 Å². The fourth-order valence-corrected chi connectivity index (χ4v) is 2.95. The standard InChI is InChI=1S/C17H15NO3S/c1-11-3-6-15(20-2)13(7-11)9-21-17(19)12-4-5-14-16(8-12)22-10-18-14/h3-8,10H,9H2,1-2H3. The SMILES string of the molecule is COc1ccc(C)cc1COC(=O)c1ccc2ncsc2c1. The van der Waals surface area contributed by atoms with Crippen LogP contribution in [-0.4, -0.2) is 18.1 Å². The van der Waals surface area contributed by atoms with Crippen LogP contribution in [0, 0.1) is 6.92 Å². The molecule has 5 heteroatoms. The highest BCUT2D eigenvalue weighted by atomic mass is 32.1. The van der Waals surface area contributed by atoms with E-state index in [0.29, 0.717) is 5.56 Å². The van der Waals surface area contributed by atoms with Crippen molar-refractivity contribution >= 4 is 27.5 Å². The fourth-order valence-electron chi connectivity index (χ4n) is 2.23. The molecule has 0 bridgehead atoms. The lowest BCUT2D eigenvalue weighted by atomic mass is 10.1. The second kappa shape index (κ2) is 6.15. The molecule has 0 atom stereocenters. The quantitative estimate of drug-likeness (QED) is 0.684. The van der Waals surface area contributed by atoms with Crippen molar-refractivity contribution in [2.45, 2.75) is 13.5 Å². The average Bonchev–Trinajstić information content (AvgIpc) is 3.00. The van der Waals surface area contributed by atoms with Gasteiger partial charge in [0.05, 0.1) is 28.4 Å². The zero-order valence-corrected chi connectivity index (χ0v) is 13.1. The molecule has 1 aromatic heterocycles. The van der Waals surface area contributed by atoms with Crippen molar-refractivity contribution in [2.75, 3.05) is 7.11 Å². The molecule has 0 aliphatic heterocycles. The summed E-state index contributed by atoms with van der Waals surface area (Å²) < 4.78 is 11.7. The minimum atomic E-state index is -0.348. The van der Waals surface area contributed by atoms with E-state index in [1.807, 2.05) is 37.3 Å². The van der Waals surface area contributed by atoms with Crippen LogP contribution in [0.4, 0.5) is 0 Å². The van der Waals surface area contributed by atoms with E-state index in [4.69, 9.17) is 9.47 Å². The number of hydrogen-bond donors (Lipinski definition) is 0. The van der Waals surface area contributed by atoms with Gasteiger partial charge in [-0.05, 0) is 37.3 Å². The van der Waals surface area contributed by atoms with Gasteiger partial charge in [-0.3, -0.25) is 0 Å². The summed E-state index contributed by atoms with van der Waals surface area (Å²) in [6.45, 7) is 2.17. The Morgan fingerprint density at radius 2 is 2.09 bits per heavy atom. The number of methoxy groups -OCH3 is 1. The van der Waals surface area contributed by atoms with Crippen LogP contribution in [0.1, 0.15) is 21.5 Å². The molecule has 0 amide bonds. The predicted octanol–water partition coefficient (Wildman–Crippen LogP) is 3.97. The topological polar surface area (TPSA) is 48.4 Å². The lowest BCUT2D eigenvalue weighted by Gasteiger charge is -2.10. The normalized spacial score (nSPS) is 10.6. The number of carbonyl (C=O) groups is 1. The van der Waals surface area contributed by atoms with Crippen molar-refractivity contribution in [2.24, 2.45) is 0 Å². The molecule has 112 valence electrons. The Kier molecular flexibility index (Phi) is 4.06. The molecular weight excluding hydrogens is 298 g/mol. The van der Waals surface area contributed by atoms with E-state index in [2.05, 4.69) is 4.98 Å². The number of aryl methyl sites for hydroxylation is 1. The number of benzene rings is 2. The van der Waals surface area contributed by atoms with E-state index in [1.54, 1.807) is 18.7 Å². The number of hydrogen-bond acceptors (Lipinski definition) is 5. The summed E-state index contributed by atoms with van der Waals surface area (Å²) in [6.07, 6.45) is 0. The highest BCUT2D eigenvalue weighted by Gasteiger charge is 2.11. The van der Waals surface area contributed by atoms with E-state index in [0.717, 1.165) is 27.1 Å². The van der Waals surface area contributed by atoms with Crippen LogP contribution in [0.15, 0.2) is 41.9 Å². The number of rotatable bonds is 4. The molecular formula is C17H15NO3S. The molecule has 0 aliphatic rings. The van der Waals surface area contributed by atoms with Crippen molar-refractivity contribution < 1.29 is 14.3 Å². The summed E-state index contributed by atoms with van der Waals surface area (Å²) in [6, 6.07) is 11.2. The number of fused-ring (bicyclic) bond motifs is 1. The molecule has 3 aromatic rings. The van der Waals surface area contributed by atoms with Gasteiger partial charge >= 0.3 is 5.97 Å². The lowest BCUT2D eigenvalue weighted by Crippen LogP contribution is -2.06. The molecule has 0 N–H and O–H groups in total.